The summed E-state index contributed by atoms with van der Waals surface area (Å²) >= 11 is 0. The number of ether oxygens (including phenoxy) is 3. The van der Waals surface area contributed by atoms with Gasteiger partial charge in [-0.3, -0.25) is 4.79 Å². The highest BCUT2D eigenvalue weighted by Gasteiger charge is 2.05. The fourth-order valence-corrected chi connectivity index (χ4v) is 1.25. The first-order valence-corrected chi connectivity index (χ1v) is 5.99. The maximum absolute atomic E-state index is 11.2. The molecule has 0 aliphatic heterocycles. The van der Waals surface area contributed by atoms with E-state index in [1.165, 1.54) is 6.07 Å². The van der Waals surface area contributed by atoms with Crippen LogP contribution >= 0.6 is 0 Å². The number of esters is 2. The van der Waals surface area contributed by atoms with E-state index in [0.717, 1.165) is 6.08 Å². The van der Waals surface area contributed by atoms with Crippen molar-refractivity contribution in [3.63, 3.8) is 0 Å². The van der Waals surface area contributed by atoms with E-state index in [2.05, 4.69) is 11.3 Å². The smallest absolute Gasteiger partial charge is 0.330 e. The summed E-state index contributed by atoms with van der Waals surface area (Å²) in [7, 11) is 0. The monoisotopic (exact) mass is 280 g/mol. The van der Waals surface area contributed by atoms with Crippen LogP contribution in [0.4, 0.5) is 0 Å². The molecule has 0 bridgehead atoms. The van der Waals surface area contributed by atoms with Crippen molar-refractivity contribution in [1.29, 1.82) is 0 Å². The van der Waals surface area contributed by atoms with Crippen molar-refractivity contribution in [2.24, 2.45) is 0 Å². The molecule has 1 aromatic rings. The molecule has 1 aromatic carbocycles. The summed E-state index contributed by atoms with van der Waals surface area (Å²) in [5.74, 6) is -0.734. The van der Waals surface area contributed by atoms with Gasteiger partial charge in [0.1, 0.15) is 19.8 Å². The Morgan fingerprint density at radius 3 is 2.60 bits per heavy atom. The first kappa shape index (κ1) is 15.6. The SMILES string of the molecule is C=CC(=O)OCCC(=O)OCCOc1ccccc1O. The van der Waals surface area contributed by atoms with Crippen molar-refractivity contribution in [3.8, 4) is 11.5 Å². The van der Waals surface area contributed by atoms with Crippen LogP contribution in [0.25, 0.3) is 0 Å². The molecule has 0 unspecified atom stereocenters. The minimum atomic E-state index is -0.583. The van der Waals surface area contributed by atoms with Crippen molar-refractivity contribution < 1.29 is 28.9 Å². The maximum atomic E-state index is 11.2. The lowest BCUT2D eigenvalue weighted by molar-refractivity contribution is -0.147. The van der Waals surface area contributed by atoms with Gasteiger partial charge in [-0.05, 0) is 12.1 Å². The molecule has 6 heteroatoms. The summed E-state index contributed by atoms with van der Waals surface area (Å²) in [6.07, 6.45) is 0.988. The average molecular weight is 280 g/mol. The van der Waals surface area contributed by atoms with Gasteiger partial charge in [-0.2, -0.15) is 0 Å². The van der Waals surface area contributed by atoms with Gasteiger partial charge in [-0.1, -0.05) is 18.7 Å². The molecule has 0 radical (unpaired) electrons. The zero-order valence-electron chi connectivity index (χ0n) is 10.9. The van der Waals surface area contributed by atoms with Gasteiger partial charge in [-0.15, -0.1) is 0 Å². The van der Waals surface area contributed by atoms with E-state index in [0.29, 0.717) is 5.75 Å². The predicted molar refractivity (Wildman–Crippen MR) is 70.3 cm³/mol. The molecule has 1 N–H and O–H groups in total. The quantitative estimate of drug-likeness (QED) is 0.441. The fourth-order valence-electron chi connectivity index (χ4n) is 1.25. The number of carbonyl (C=O) groups is 2. The highest BCUT2D eigenvalue weighted by Crippen LogP contribution is 2.23. The Morgan fingerprint density at radius 2 is 1.90 bits per heavy atom. The van der Waals surface area contributed by atoms with Crippen molar-refractivity contribution >= 4 is 11.9 Å². The Bertz CT molecular complexity index is 468. The largest absolute Gasteiger partial charge is 0.504 e. The van der Waals surface area contributed by atoms with Crippen LogP contribution in [-0.2, 0) is 19.1 Å². The molecular weight excluding hydrogens is 264 g/mol. The molecule has 0 aliphatic rings. The van der Waals surface area contributed by atoms with E-state index in [9.17, 15) is 14.7 Å². The first-order chi connectivity index (χ1) is 9.63. The molecule has 0 spiro atoms. The van der Waals surface area contributed by atoms with Gasteiger partial charge in [0.15, 0.2) is 11.5 Å². The molecule has 20 heavy (non-hydrogen) atoms. The number of para-hydroxylation sites is 2. The standard InChI is InChI=1S/C14H16O6/c1-2-13(16)19-8-7-14(17)20-10-9-18-12-6-4-3-5-11(12)15/h2-6,15H,1,7-10H2. The highest BCUT2D eigenvalue weighted by molar-refractivity contribution is 5.81. The van der Waals surface area contributed by atoms with E-state index >= 15 is 0 Å². The average Bonchev–Trinajstić information content (AvgIpc) is 2.45. The van der Waals surface area contributed by atoms with Gasteiger partial charge in [-0.25, -0.2) is 4.79 Å². The summed E-state index contributed by atoms with van der Waals surface area (Å²) in [4.78, 5) is 22.0. The van der Waals surface area contributed by atoms with Crippen molar-refractivity contribution in [1.82, 2.24) is 0 Å². The van der Waals surface area contributed by atoms with Crippen molar-refractivity contribution in [2.75, 3.05) is 19.8 Å². The number of phenols is 1. The summed E-state index contributed by atoms with van der Waals surface area (Å²) in [6, 6.07) is 6.49. The molecule has 0 heterocycles. The zero-order chi connectivity index (χ0) is 14.8. The molecular formula is C14H16O6. The number of benzene rings is 1. The number of hydrogen-bond donors (Lipinski definition) is 1. The number of aromatic hydroxyl groups is 1. The minimum Gasteiger partial charge on any atom is -0.504 e. The lowest BCUT2D eigenvalue weighted by atomic mass is 10.3. The fraction of sp³-hybridized carbons (Fsp3) is 0.286. The van der Waals surface area contributed by atoms with Crippen LogP contribution in [0.15, 0.2) is 36.9 Å². The Labute approximate surface area is 116 Å². The third kappa shape index (κ3) is 5.90. The number of hydrogen-bond acceptors (Lipinski definition) is 6. The van der Waals surface area contributed by atoms with Gasteiger partial charge < -0.3 is 19.3 Å². The third-order valence-electron chi connectivity index (χ3n) is 2.19. The first-order valence-electron chi connectivity index (χ1n) is 5.99. The second-order valence-corrected chi connectivity index (χ2v) is 3.66. The molecule has 0 amide bonds. The molecule has 0 saturated carbocycles. The summed E-state index contributed by atoms with van der Waals surface area (Å²) in [6.45, 7) is 3.34. The molecule has 0 atom stereocenters. The second-order valence-electron chi connectivity index (χ2n) is 3.66. The zero-order valence-corrected chi connectivity index (χ0v) is 10.9. The van der Waals surface area contributed by atoms with Gasteiger partial charge in [0.25, 0.3) is 0 Å². The van der Waals surface area contributed by atoms with Gasteiger partial charge in [0, 0.05) is 6.08 Å². The van der Waals surface area contributed by atoms with Crippen molar-refractivity contribution in [3.05, 3.63) is 36.9 Å². The Morgan fingerprint density at radius 1 is 1.15 bits per heavy atom. The van der Waals surface area contributed by atoms with Gasteiger partial charge >= 0.3 is 11.9 Å². The number of carbonyl (C=O) groups excluding carboxylic acids is 2. The number of phenolic OH excluding ortho intramolecular Hbond substituents is 1. The van der Waals surface area contributed by atoms with Crippen molar-refractivity contribution in [2.45, 2.75) is 6.42 Å². The van der Waals surface area contributed by atoms with Crippen LogP contribution < -0.4 is 4.74 Å². The Balaban J connectivity index is 2.12. The summed E-state index contributed by atoms with van der Waals surface area (Å²) < 4.78 is 14.7. The predicted octanol–water partition coefficient (Wildman–Crippen LogP) is 1.43. The molecule has 0 aliphatic carbocycles. The van der Waals surface area contributed by atoms with E-state index in [1.807, 2.05) is 0 Å². The summed E-state index contributed by atoms with van der Waals surface area (Å²) in [5.41, 5.74) is 0. The molecule has 6 nitrogen and oxygen atoms in total. The topological polar surface area (TPSA) is 82.1 Å². The lowest BCUT2D eigenvalue weighted by Gasteiger charge is -2.08. The summed E-state index contributed by atoms with van der Waals surface area (Å²) in [5, 5.41) is 9.42. The lowest BCUT2D eigenvalue weighted by Crippen LogP contribution is -2.14. The van der Waals surface area contributed by atoms with Crippen LogP contribution in [-0.4, -0.2) is 36.9 Å². The van der Waals surface area contributed by atoms with Crippen LogP contribution in [0.5, 0.6) is 11.5 Å². The Kier molecular flexibility index (Phi) is 6.67. The van der Waals surface area contributed by atoms with Crippen LogP contribution in [0.3, 0.4) is 0 Å². The van der Waals surface area contributed by atoms with Crippen LogP contribution in [0.2, 0.25) is 0 Å². The maximum Gasteiger partial charge on any atom is 0.330 e. The third-order valence-corrected chi connectivity index (χ3v) is 2.19. The molecule has 0 saturated heterocycles. The van der Waals surface area contributed by atoms with Crippen LogP contribution in [0.1, 0.15) is 6.42 Å². The van der Waals surface area contributed by atoms with Crippen LogP contribution in [0, 0.1) is 0 Å². The Hall–Kier alpha value is -2.50. The highest BCUT2D eigenvalue weighted by atomic mass is 16.6. The van der Waals surface area contributed by atoms with E-state index in [4.69, 9.17) is 9.47 Å². The number of rotatable bonds is 8. The van der Waals surface area contributed by atoms with E-state index < -0.39 is 11.9 Å². The van der Waals surface area contributed by atoms with E-state index in [1.54, 1.807) is 18.2 Å². The minimum absolute atomic E-state index is 0.0233. The van der Waals surface area contributed by atoms with Gasteiger partial charge in [0.2, 0.25) is 0 Å². The molecule has 0 fully saturated rings. The molecule has 0 aromatic heterocycles. The second kappa shape index (κ2) is 8.58. The van der Waals surface area contributed by atoms with E-state index in [-0.39, 0.29) is 32.0 Å². The molecule has 1 rings (SSSR count). The molecule has 108 valence electrons. The normalized spacial score (nSPS) is 9.60. The van der Waals surface area contributed by atoms with Gasteiger partial charge in [0.05, 0.1) is 6.42 Å².